The molecule has 0 aliphatic carbocycles. The van der Waals surface area contributed by atoms with Crippen molar-refractivity contribution in [1.82, 2.24) is 10.3 Å². The predicted octanol–water partition coefficient (Wildman–Crippen LogP) is 0.857. The number of hydrogen-bond acceptors (Lipinski definition) is 5. The van der Waals surface area contributed by atoms with Gasteiger partial charge in [-0.25, -0.2) is 4.98 Å². The summed E-state index contributed by atoms with van der Waals surface area (Å²) in [5.74, 6) is 0.552. The zero-order chi connectivity index (χ0) is 13.8. The first kappa shape index (κ1) is 13.7. The Morgan fingerprint density at radius 3 is 2.74 bits per heavy atom. The molecule has 2 unspecified atom stereocenters. The highest BCUT2D eigenvalue weighted by Gasteiger charge is 2.17. The lowest BCUT2D eigenvalue weighted by molar-refractivity contribution is 0.0203. The van der Waals surface area contributed by atoms with E-state index in [9.17, 15) is 10.2 Å². The molecule has 2 aromatic rings. The van der Waals surface area contributed by atoms with Gasteiger partial charge in [0, 0.05) is 18.0 Å². The van der Waals surface area contributed by atoms with Crippen LogP contribution in [-0.2, 0) is 0 Å². The van der Waals surface area contributed by atoms with E-state index in [2.05, 4.69) is 10.3 Å². The van der Waals surface area contributed by atoms with E-state index >= 15 is 0 Å². The molecule has 5 heteroatoms. The molecule has 0 radical (unpaired) electrons. The van der Waals surface area contributed by atoms with E-state index in [0.29, 0.717) is 18.0 Å². The second kappa shape index (κ2) is 5.97. The van der Waals surface area contributed by atoms with Crippen LogP contribution in [0.5, 0.6) is 5.88 Å². The van der Waals surface area contributed by atoms with Crippen LogP contribution in [0.3, 0.4) is 0 Å². The van der Waals surface area contributed by atoms with Gasteiger partial charge in [0.05, 0.1) is 18.7 Å². The van der Waals surface area contributed by atoms with Gasteiger partial charge in [0.25, 0.3) is 0 Å². The Labute approximate surface area is 111 Å². The van der Waals surface area contributed by atoms with Crippen molar-refractivity contribution in [3.63, 3.8) is 0 Å². The number of aliphatic hydroxyl groups is 2. The van der Waals surface area contributed by atoms with Gasteiger partial charge >= 0.3 is 0 Å². The van der Waals surface area contributed by atoms with Crippen molar-refractivity contribution < 1.29 is 14.9 Å². The van der Waals surface area contributed by atoms with Crippen LogP contribution in [-0.4, -0.2) is 42.0 Å². The molecule has 0 bridgehead atoms. The van der Waals surface area contributed by atoms with Crippen LogP contribution >= 0.6 is 0 Å². The van der Waals surface area contributed by atoms with Gasteiger partial charge < -0.3 is 20.3 Å². The maximum absolute atomic E-state index is 10.0. The summed E-state index contributed by atoms with van der Waals surface area (Å²) in [4.78, 5) is 4.30. The van der Waals surface area contributed by atoms with Gasteiger partial charge in [0.15, 0.2) is 0 Å². The first-order valence-corrected chi connectivity index (χ1v) is 6.11. The number of aromatic nitrogens is 1. The fraction of sp³-hybridized carbons (Fsp3) is 0.357. The zero-order valence-electron chi connectivity index (χ0n) is 11.0. The first-order chi connectivity index (χ1) is 9.15. The van der Waals surface area contributed by atoms with E-state index < -0.39 is 12.2 Å². The third-order valence-corrected chi connectivity index (χ3v) is 3.02. The second-order valence-corrected chi connectivity index (χ2v) is 4.38. The Balaban J connectivity index is 2.31. The van der Waals surface area contributed by atoms with Crippen molar-refractivity contribution in [2.75, 3.05) is 20.7 Å². The molecular weight excluding hydrogens is 244 g/mol. The van der Waals surface area contributed by atoms with E-state index in [0.717, 1.165) is 10.9 Å². The van der Waals surface area contributed by atoms with Crippen molar-refractivity contribution in [1.29, 1.82) is 0 Å². The van der Waals surface area contributed by atoms with E-state index in [1.807, 2.05) is 18.2 Å². The van der Waals surface area contributed by atoms with E-state index in [1.165, 1.54) is 0 Å². The van der Waals surface area contributed by atoms with Crippen LogP contribution in [0.1, 0.15) is 11.7 Å². The average molecular weight is 262 g/mol. The van der Waals surface area contributed by atoms with Crippen molar-refractivity contribution in [3.8, 4) is 5.88 Å². The van der Waals surface area contributed by atoms with Gasteiger partial charge in [-0.15, -0.1) is 0 Å². The smallest absolute Gasteiger partial charge is 0.213 e. The van der Waals surface area contributed by atoms with Crippen molar-refractivity contribution in [2.45, 2.75) is 12.2 Å². The first-order valence-electron chi connectivity index (χ1n) is 6.11. The number of fused-ring (bicyclic) bond motifs is 1. The molecule has 0 saturated heterocycles. The molecule has 0 aliphatic heterocycles. The SMILES string of the molecule is CNCC(O)C(O)c1ccc2nc(OC)ccc2c1. The third kappa shape index (κ3) is 3.01. The minimum atomic E-state index is -0.918. The fourth-order valence-electron chi connectivity index (χ4n) is 1.97. The number of ether oxygens (including phenoxy) is 1. The summed E-state index contributed by atoms with van der Waals surface area (Å²) in [6, 6.07) is 9.04. The van der Waals surface area contributed by atoms with E-state index in [1.54, 1.807) is 26.3 Å². The fourth-order valence-corrected chi connectivity index (χ4v) is 1.97. The number of likely N-dealkylation sites (N-methyl/N-ethyl adjacent to an activating group) is 1. The van der Waals surface area contributed by atoms with Crippen LogP contribution < -0.4 is 10.1 Å². The zero-order valence-corrected chi connectivity index (χ0v) is 11.0. The number of nitrogens with zero attached hydrogens (tertiary/aromatic N) is 1. The number of aliphatic hydroxyl groups excluding tert-OH is 2. The van der Waals surface area contributed by atoms with Gasteiger partial charge in [-0.2, -0.15) is 0 Å². The molecule has 2 rings (SSSR count). The van der Waals surface area contributed by atoms with Crippen molar-refractivity contribution >= 4 is 10.9 Å². The number of pyridine rings is 1. The lowest BCUT2D eigenvalue weighted by Crippen LogP contribution is -2.29. The summed E-state index contributed by atoms with van der Waals surface area (Å²) < 4.78 is 5.06. The predicted molar refractivity (Wildman–Crippen MR) is 73.2 cm³/mol. The van der Waals surface area contributed by atoms with Gasteiger partial charge in [-0.1, -0.05) is 6.07 Å². The summed E-state index contributed by atoms with van der Waals surface area (Å²) in [6.07, 6.45) is -1.76. The van der Waals surface area contributed by atoms with E-state index in [-0.39, 0.29) is 0 Å². The normalized spacial score (nSPS) is 14.3. The Hall–Kier alpha value is -1.69. The summed E-state index contributed by atoms with van der Waals surface area (Å²) in [7, 11) is 3.30. The molecule has 0 spiro atoms. The maximum atomic E-state index is 10.0. The standard InChI is InChI=1S/C14H18N2O3/c1-15-8-12(17)14(18)10-3-5-11-9(7-10)4-6-13(16-11)19-2/h3-7,12,14-15,17-18H,8H2,1-2H3. The van der Waals surface area contributed by atoms with Crippen LogP contribution in [0.25, 0.3) is 10.9 Å². The number of benzene rings is 1. The van der Waals surface area contributed by atoms with Crippen LogP contribution in [0.15, 0.2) is 30.3 Å². The quantitative estimate of drug-likeness (QED) is 0.745. The highest BCUT2D eigenvalue weighted by molar-refractivity contribution is 5.79. The van der Waals surface area contributed by atoms with E-state index in [4.69, 9.17) is 4.74 Å². The largest absolute Gasteiger partial charge is 0.481 e. The molecule has 0 aliphatic rings. The highest BCUT2D eigenvalue weighted by atomic mass is 16.5. The maximum Gasteiger partial charge on any atom is 0.213 e. The summed E-state index contributed by atoms with van der Waals surface area (Å²) in [5, 5.41) is 23.6. The molecule has 0 saturated carbocycles. The van der Waals surface area contributed by atoms with Gasteiger partial charge in [0.2, 0.25) is 5.88 Å². The second-order valence-electron chi connectivity index (χ2n) is 4.38. The highest BCUT2D eigenvalue weighted by Crippen LogP contribution is 2.23. The third-order valence-electron chi connectivity index (χ3n) is 3.02. The molecule has 5 nitrogen and oxygen atoms in total. The van der Waals surface area contributed by atoms with Crippen LogP contribution in [0, 0.1) is 0 Å². The lowest BCUT2D eigenvalue weighted by Gasteiger charge is -2.18. The van der Waals surface area contributed by atoms with Crippen molar-refractivity contribution in [3.05, 3.63) is 35.9 Å². The minimum Gasteiger partial charge on any atom is -0.481 e. The van der Waals surface area contributed by atoms with Crippen LogP contribution in [0.4, 0.5) is 0 Å². The molecule has 102 valence electrons. The molecule has 19 heavy (non-hydrogen) atoms. The Morgan fingerprint density at radius 2 is 2.05 bits per heavy atom. The average Bonchev–Trinajstić information content (AvgIpc) is 2.45. The summed E-state index contributed by atoms with van der Waals surface area (Å²) in [5.41, 5.74) is 1.46. The topological polar surface area (TPSA) is 74.6 Å². The molecule has 1 aromatic carbocycles. The number of methoxy groups -OCH3 is 1. The molecule has 2 atom stereocenters. The molecule has 3 N–H and O–H groups in total. The Morgan fingerprint density at radius 1 is 1.26 bits per heavy atom. The molecular formula is C14H18N2O3. The van der Waals surface area contributed by atoms with Gasteiger partial charge in [-0.05, 0) is 30.8 Å². The Bertz CT molecular complexity index is 559. The molecule has 1 aromatic heterocycles. The van der Waals surface area contributed by atoms with Crippen molar-refractivity contribution in [2.24, 2.45) is 0 Å². The summed E-state index contributed by atoms with van der Waals surface area (Å²) in [6.45, 7) is 0.333. The number of nitrogens with one attached hydrogen (secondary N) is 1. The van der Waals surface area contributed by atoms with Gasteiger partial charge in [0.1, 0.15) is 6.10 Å². The van der Waals surface area contributed by atoms with Gasteiger partial charge in [-0.3, -0.25) is 0 Å². The number of hydrogen-bond donors (Lipinski definition) is 3. The minimum absolute atomic E-state index is 0.333. The molecule has 0 fully saturated rings. The molecule has 1 heterocycles. The Kier molecular flexibility index (Phi) is 4.31. The monoisotopic (exact) mass is 262 g/mol. The number of rotatable bonds is 5. The van der Waals surface area contributed by atoms with Crippen LogP contribution in [0.2, 0.25) is 0 Å². The molecule has 0 amide bonds. The summed E-state index contributed by atoms with van der Waals surface area (Å²) >= 11 is 0. The lowest BCUT2D eigenvalue weighted by atomic mass is 10.0.